The molecule has 0 radical (unpaired) electrons. The van der Waals surface area contributed by atoms with E-state index in [-0.39, 0.29) is 68.5 Å². The normalized spacial score (nSPS) is 40.2. The van der Waals surface area contributed by atoms with Crippen molar-refractivity contribution >= 4 is 23.5 Å². The first-order valence-corrected chi connectivity index (χ1v) is 16.6. The number of allylic oxidation sites excluding steroid dienone is 4. The molecule has 6 unspecified atom stereocenters. The van der Waals surface area contributed by atoms with Crippen molar-refractivity contribution in [3.05, 3.63) is 64.8 Å². The quantitative estimate of drug-likeness (QED) is 0.288. The monoisotopic (exact) mass is 603 g/mol. The van der Waals surface area contributed by atoms with Crippen molar-refractivity contribution in [3.63, 3.8) is 0 Å². The van der Waals surface area contributed by atoms with Crippen LogP contribution in [0.4, 0.5) is 0 Å². The summed E-state index contributed by atoms with van der Waals surface area (Å²) < 4.78 is 0. The first-order valence-electron chi connectivity index (χ1n) is 16.6. The fourth-order valence-corrected chi connectivity index (χ4v) is 10.6. The van der Waals surface area contributed by atoms with Crippen LogP contribution in [0.3, 0.4) is 0 Å². The lowest BCUT2D eigenvalue weighted by Crippen LogP contribution is -2.69. The molecule has 0 spiro atoms. The fraction of sp³-hybridized carbons (Fsp3) is 0.564. The number of rotatable bonds is 3. The molecular formula is C39H45N3O3. The van der Waals surface area contributed by atoms with Crippen LogP contribution in [0.1, 0.15) is 92.1 Å². The lowest BCUT2D eigenvalue weighted by Gasteiger charge is -2.68. The Bertz CT molecular complexity index is 1650. The van der Waals surface area contributed by atoms with Gasteiger partial charge in [-0.2, -0.15) is 10.5 Å². The van der Waals surface area contributed by atoms with Crippen molar-refractivity contribution in [1.82, 2.24) is 5.32 Å². The molecule has 3 fully saturated rings. The molecule has 45 heavy (non-hydrogen) atoms. The van der Waals surface area contributed by atoms with E-state index >= 15 is 0 Å². The second-order valence-electron chi connectivity index (χ2n) is 16.1. The van der Waals surface area contributed by atoms with Crippen LogP contribution in [0.5, 0.6) is 0 Å². The van der Waals surface area contributed by atoms with Crippen molar-refractivity contribution in [2.75, 3.05) is 0 Å². The Morgan fingerprint density at radius 2 is 1.64 bits per heavy atom. The SMILES string of the molecule is C[C@H]1C(=O)C(C#N)=CC2(C)C3=CC(=O)C4C5CC(C)(C)CCC5(NC(=O)/C(C#N)=C/c5ccccc5)CC[C@@]4(C)C3(C)CCC12. The van der Waals surface area contributed by atoms with Crippen molar-refractivity contribution < 1.29 is 14.4 Å². The molecule has 6 rings (SSSR count). The Balaban J connectivity index is 1.43. The molecule has 8 atom stereocenters. The topological polar surface area (TPSA) is 111 Å². The van der Waals surface area contributed by atoms with E-state index in [1.165, 1.54) is 0 Å². The third-order valence-corrected chi connectivity index (χ3v) is 13.3. The number of nitriles is 2. The van der Waals surface area contributed by atoms with Crippen LogP contribution in [-0.2, 0) is 14.4 Å². The summed E-state index contributed by atoms with van der Waals surface area (Å²) >= 11 is 0. The van der Waals surface area contributed by atoms with Gasteiger partial charge in [0.15, 0.2) is 11.6 Å². The zero-order valence-electron chi connectivity index (χ0n) is 27.5. The van der Waals surface area contributed by atoms with E-state index in [9.17, 15) is 24.9 Å². The number of nitrogens with zero attached hydrogens (tertiary/aromatic N) is 2. The number of nitrogens with one attached hydrogen (secondary N) is 1. The molecule has 0 aliphatic heterocycles. The lowest BCUT2D eigenvalue weighted by molar-refractivity contribution is -0.161. The number of carbonyl (C=O) groups is 3. The molecule has 1 aromatic carbocycles. The van der Waals surface area contributed by atoms with E-state index in [4.69, 9.17) is 0 Å². The highest BCUT2D eigenvalue weighted by Gasteiger charge is 2.69. The minimum absolute atomic E-state index is 0.00743. The summed E-state index contributed by atoms with van der Waals surface area (Å²) in [4.78, 5) is 41.5. The standard InChI is InChI=1S/C39H45N3O3/c1-24-28-12-13-37(5)31(36(28,4)20-27(23-41)33(24)44)19-30(43)32-29-21-35(2,3)14-16-39(29,17-15-38(32,37)6)42-34(45)26(22-40)18-25-10-8-7-9-11-25/h7-11,18-20,24,28-29,32H,12-17,21H2,1-6H3,(H,42,45)/b26-18+/t24-,28?,29?,32?,36?,37?,38-,39?/m1/s1. The van der Waals surface area contributed by atoms with E-state index in [1.54, 1.807) is 6.08 Å². The highest BCUT2D eigenvalue weighted by atomic mass is 16.2. The van der Waals surface area contributed by atoms with Crippen LogP contribution in [-0.4, -0.2) is 23.0 Å². The summed E-state index contributed by atoms with van der Waals surface area (Å²) in [6.45, 7) is 13.2. The third-order valence-electron chi connectivity index (χ3n) is 13.3. The number of Topliss-reactive ketones (excluding diaryl/α,β-unsaturated/α-hetero) is 1. The molecule has 0 aromatic heterocycles. The van der Waals surface area contributed by atoms with Crippen LogP contribution in [0.25, 0.3) is 6.08 Å². The van der Waals surface area contributed by atoms with Gasteiger partial charge in [-0.25, -0.2) is 0 Å². The van der Waals surface area contributed by atoms with Gasteiger partial charge < -0.3 is 5.32 Å². The van der Waals surface area contributed by atoms with E-state index in [0.717, 1.165) is 56.1 Å². The van der Waals surface area contributed by atoms with Gasteiger partial charge in [0.05, 0.1) is 5.57 Å². The van der Waals surface area contributed by atoms with Gasteiger partial charge in [0.1, 0.15) is 17.7 Å². The molecule has 5 aliphatic rings. The molecule has 1 aromatic rings. The average molecular weight is 604 g/mol. The maximum atomic E-state index is 14.7. The summed E-state index contributed by atoms with van der Waals surface area (Å²) in [6, 6.07) is 13.7. The van der Waals surface area contributed by atoms with Gasteiger partial charge in [0.25, 0.3) is 5.91 Å². The second kappa shape index (κ2) is 10.4. The highest BCUT2D eigenvalue weighted by Crippen LogP contribution is 2.72. The Morgan fingerprint density at radius 1 is 0.956 bits per heavy atom. The van der Waals surface area contributed by atoms with Crippen LogP contribution < -0.4 is 5.32 Å². The maximum absolute atomic E-state index is 14.7. The molecule has 0 heterocycles. The van der Waals surface area contributed by atoms with Crippen LogP contribution in [0, 0.1) is 68.0 Å². The minimum atomic E-state index is -0.582. The first-order chi connectivity index (χ1) is 21.1. The van der Waals surface area contributed by atoms with Gasteiger partial charge >= 0.3 is 0 Å². The molecular weight excluding hydrogens is 558 g/mol. The van der Waals surface area contributed by atoms with E-state index in [0.29, 0.717) is 0 Å². The minimum Gasteiger partial charge on any atom is -0.346 e. The number of ketones is 2. The van der Waals surface area contributed by atoms with Gasteiger partial charge in [-0.1, -0.05) is 83.5 Å². The van der Waals surface area contributed by atoms with Crippen molar-refractivity contribution in [2.24, 2.45) is 45.3 Å². The number of fused-ring (bicyclic) bond motifs is 7. The van der Waals surface area contributed by atoms with Gasteiger partial charge in [0.2, 0.25) is 0 Å². The van der Waals surface area contributed by atoms with Gasteiger partial charge in [-0.3, -0.25) is 14.4 Å². The largest absolute Gasteiger partial charge is 0.346 e. The number of benzene rings is 1. The number of amides is 1. The number of hydrogen-bond donors (Lipinski definition) is 1. The van der Waals surface area contributed by atoms with E-state index in [1.807, 2.05) is 49.4 Å². The Labute approximate surface area is 267 Å². The summed E-state index contributed by atoms with van der Waals surface area (Å²) in [7, 11) is 0. The molecule has 0 bridgehead atoms. The summed E-state index contributed by atoms with van der Waals surface area (Å²) in [5.74, 6) is -0.946. The van der Waals surface area contributed by atoms with Gasteiger partial charge in [-0.15, -0.1) is 0 Å². The summed E-state index contributed by atoms with van der Waals surface area (Å²) in [5, 5.41) is 23.3. The molecule has 0 saturated heterocycles. The lowest BCUT2D eigenvalue weighted by atomic mass is 9.36. The Hall–Kier alpha value is -3.77. The Kier molecular flexibility index (Phi) is 7.20. The van der Waals surface area contributed by atoms with Gasteiger partial charge in [0, 0.05) is 22.8 Å². The van der Waals surface area contributed by atoms with E-state index in [2.05, 4.69) is 52.1 Å². The van der Waals surface area contributed by atoms with Crippen LogP contribution >= 0.6 is 0 Å². The van der Waals surface area contributed by atoms with Crippen molar-refractivity contribution in [1.29, 1.82) is 10.5 Å². The van der Waals surface area contributed by atoms with E-state index < -0.39 is 11.0 Å². The maximum Gasteiger partial charge on any atom is 0.262 e. The predicted molar refractivity (Wildman–Crippen MR) is 173 cm³/mol. The highest BCUT2D eigenvalue weighted by molar-refractivity contribution is 6.03. The molecule has 5 aliphatic carbocycles. The summed E-state index contributed by atoms with van der Waals surface area (Å²) in [6.07, 6.45) is 11.1. The molecule has 6 nitrogen and oxygen atoms in total. The van der Waals surface area contributed by atoms with Crippen molar-refractivity contribution in [2.45, 2.75) is 92.0 Å². The number of hydrogen-bond acceptors (Lipinski definition) is 5. The smallest absolute Gasteiger partial charge is 0.262 e. The second-order valence-corrected chi connectivity index (χ2v) is 16.1. The molecule has 1 N–H and O–H groups in total. The fourth-order valence-electron chi connectivity index (χ4n) is 10.6. The third kappa shape index (κ3) is 4.51. The zero-order chi connectivity index (χ0) is 32.6. The first kappa shape index (κ1) is 31.2. The molecule has 1 amide bonds. The molecule has 6 heteroatoms. The van der Waals surface area contributed by atoms with Crippen LogP contribution in [0.2, 0.25) is 0 Å². The zero-order valence-corrected chi connectivity index (χ0v) is 27.5. The number of carbonyl (C=O) groups excluding carboxylic acids is 3. The Morgan fingerprint density at radius 3 is 2.31 bits per heavy atom. The van der Waals surface area contributed by atoms with Crippen molar-refractivity contribution in [3.8, 4) is 12.1 Å². The van der Waals surface area contributed by atoms with Crippen LogP contribution in [0.15, 0.2) is 59.2 Å². The average Bonchev–Trinajstić information content (AvgIpc) is 3.00. The summed E-state index contributed by atoms with van der Waals surface area (Å²) in [5.41, 5.74) is 0.359. The molecule has 234 valence electrons. The predicted octanol–water partition coefficient (Wildman–Crippen LogP) is 7.29. The van der Waals surface area contributed by atoms with Gasteiger partial charge in [-0.05, 0) is 90.7 Å². The molecule has 3 saturated carbocycles.